The molecule has 1 heterocycles. The maximum Gasteiger partial charge on any atom is 0.229 e. The summed E-state index contributed by atoms with van der Waals surface area (Å²) in [7, 11) is -3.32. The molecular weight excluding hydrogens is 392 g/mol. The first-order valence-corrected chi connectivity index (χ1v) is 11.4. The molecule has 1 aromatic heterocycles. The fourth-order valence-electron chi connectivity index (χ4n) is 2.81. The van der Waals surface area contributed by atoms with Gasteiger partial charge in [-0.15, -0.1) is 11.3 Å². The van der Waals surface area contributed by atoms with E-state index in [9.17, 15) is 13.2 Å². The molecule has 0 bridgehead atoms. The SMILES string of the molecule is CCS(=O)(=O)c1cccc(NC(=O)Cc2sc(C)nc2-c2ccc(C)cc2)c1. The number of carbonyl (C=O) groups is 1. The summed E-state index contributed by atoms with van der Waals surface area (Å²) in [6.45, 7) is 5.54. The van der Waals surface area contributed by atoms with Gasteiger partial charge in [0.15, 0.2) is 9.84 Å². The summed E-state index contributed by atoms with van der Waals surface area (Å²) in [5.74, 6) is -0.187. The molecule has 3 aromatic rings. The van der Waals surface area contributed by atoms with E-state index in [0.29, 0.717) is 5.69 Å². The number of thiazole rings is 1. The monoisotopic (exact) mass is 414 g/mol. The zero-order valence-electron chi connectivity index (χ0n) is 16.0. The third kappa shape index (κ3) is 4.66. The Kier molecular flexibility index (Phi) is 5.96. The lowest BCUT2D eigenvalue weighted by Gasteiger charge is -2.08. The van der Waals surface area contributed by atoms with Gasteiger partial charge in [-0.2, -0.15) is 0 Å². The van der Waals surface area contributed by atoms with Crippen molar-refractivity contribution >= 4 is 32.8 Å². The minimum atomic E-state index is -3.32. The number of benzene rings is 2. The summed E-state index contributed by atoms with van der Waals surface area (Å²) < 4.78 is 24.1. The van der Waals surface area contributed by atoms with Crippen LogP contribution in [0.3, 0.4) is 0 Å². The van der Waals surface area contributed by atoms with Crippen molar-refractivity contribution in [1.82, 2.24) is 4.98 Å². The van der Waals surface area contributed by atoms with Gasteiger partial charge < -0.3 is 5.32 Å². The Bertz CT molecular complexity index is 1100. The number of sulfone groups is 1. The minimum absolute atomic E-state index is 0.0183. The quantitative estimate of drug-likeness (QED) is 0.648. The topological polar surface area (TPSA) is 76.1 Å². The van der Waals surface area contributed by atoms with E-state index in [4.69, 9.17) is 0 Å². The molecule has 2 aromatic carbocycles. The summed E-state index contributed by atoms with van der Waals surface area (Å²) >= 11 is 1.50. The largest absolute Gasteiger partial charge is 0.326 e. The van der Waals surface area contributed by atoms with E-state index in [2.05, 4.69) is 10.3 Å². The van der Waals surface area contributed by atoms with Crippen LogP contribution in [0.15, 0.2) is 53.4 Å². The number of amides is 1. The standard InChI is InChI=1S/C21H22N2O3S2/c1-4-28(25,26)18-7-5-6-17(12-18)23-20(24)13-19-21(22-15(3)27-19)16-10-8-14(2)9-11-16/h5-12H,4,13H2,1-3H3,(H,23,24). The first-order chi connectivity index (χ1) is 13.3. The summed E-state index contributed by atoms with van der Waals surface area (Å²) in [5, 5.41) is 3.70. The van der Waals surface area contributed by atoms with E-state index in [1.807, 2.05) is 38.1 Å². The number of nitrogens with zero attached hydrogens (tertiary/aromatic N) is 1. The molecule has 28 heavy (non-hydrogen) atoms. The lowest BCUT2D eigenvalue weighted by atomic mass is 10.1. The van der Waals surface area contributed by atoms with E-state index < -0.39 is 9.84 Å². The van der Waals surface area contributed by atoms with Gasteiger partial charge in [0.05, 0.1) is 27.8 Å². The minimum Gasteiger partial charge on any atom is -0.326 e. The Morgan fingerprint density at radius 3 is 2.50 bits per heavy atom. The van der Waals surface area contributed by atoms with Crippen LogP contribution in [0.1, 0.15) is 22.4 Å². The Labute approximate surface area is 169 Å². The predicted octanol–water partition coefficient (Wildman–Crippen LogP) is 4.40. The summed E-state index contributed by atoms with van der Waals surface area (Å²) in [6.07, 6.45) is 0.180. The van der Waals surface area contributed by atoms with Crippen LogP contribution in [-0.4, -0.2) is 25.1 Å². The smallest absolute Gasteiger partial charge is 0.229 e. The summed E-state index contributed by atoms with van der Waals surface area (Å²) in [4.78, 5) is 18.3. The highest BCUT2D eigenvalue weighted by atomic mass is 32.2. The number of aryl methyl sites for hydroxylation is 2. The van der Waals surface area contributed by atoms with Crippen LogP contribution in [0, 0.1) is 13.8 Å². The normalized spacial score (nSPS) is 11.4. The number of hydrogen-bond donors (Lipinski definition) is 1. The third-order valence-electron chi connectivity index (χ3n) is 4.31. The molecule has 0 saturated carbocycles. The zero-order chi connectivity index (χ0) is 20.3. The fraction of sp³-hybridized carbons (Fsp3) is 0.238. The molecule has 0 saturated heterocycles. The highest BCUT2D eigenvalue weighted by Crippen LogP contribution is 2.29. The Morgan fingerprint density at radius 2 is 1.82 bits per heavy atom. The second kappa shape index (κ2) is 8.24. The van der Waals surface area contributed by atoms with Gasteiger partial charge in [-0.3, -0.25) is 4.79 Å². The molecule has 0 unspecified atom stereocenters. The van der Waals surface area contributed by atoms with Crippen molar-refractivity contribution in [3.8, 4) is 11.3 Å². The molecule has 3 rings (SSSR count). The molecule has 0 spiro atoms. The van der Waals surface area contributed by atoms with E-state index in [1.165, 1.54) is 23.5 Å². The number of rotatable bonds is 6. The summed E-state index contributed by atoms with van der Waals surface area (Å²) in [6, 6.07) is 14.4. The van der Waals surface area contributed by atoms with E-state index in [-0.39, 0.29) is 23.0 Å². The van der Waals surface area contributed by atoms with Crippen molar-refractivity contribution in [2.45, 2.75) is 32.1 Å². The van der Waals surface area contributed by atoms with Gasteiger partial charge in [0.1, 0.15) is 0 Å². The van der Waals surface area contributed by atoms with Crippen LogP contribution in [0.4, 0.5) is 5.69 Å². The van der Waals surface area contributed by atoms with Crippen molar-refractivity contribution in [3.05, 3.63) is 64.0 Å². The Hall–Kier alpha value is -2.51. The molecule has 5 nitrogen and oxygen atoms in total. The maximum atomic E-state index is 12.6. The Balaban J connectivity index is 1.80. The lowest BCUT2D eigenvalue weighted by Crippen LogP contribution is -2.14. The van der Waals surface area contributed by atoms with Gasteiger partial charge in [-0.05, 0) is 32.0 Å². The second-order valence-electron chi connectivity index (χ2n) is 6.53. The van der Waals surface area contributed by atoms with Crippen molar-refractivity contribution in [1.29, 1.82) is 0 Å². The predicted molar refractivity (Wildman–Crippen MR) is 114 cm³/mol. The van der Waals surface area contributed by atoms with Crippen LogP contribution >= 0.6 is 11.3 Å². The molecule has 0 atom stereocenters. The number of anilines is 1. The van der Waals surface area contributed by atoms with Gasteiger partial charge in [0.25, 0.3) is 0 Å². The first kappa shape index (κ1) is 20.2. The maximum absolute atomic E-state index is 12.6. The van der Waals surface area contributed by atoms with Crippen LogP contribution in [0.2, 0.25) is 0 Å². The van der Waals surface area contributed by atoms with E-state index in [1.54, 1.807) is 19.1 Å². The number of carbonyl (C=O) groups excluding carboxylic acids is 1. The van der Waals surface area contributed by atoms with Crippen LogP contribution in [0.25, 0.3) is 11.3 Å². The molecule has 0 aliphatic heterocycles. The second-order valence-corrected chi connectivity index (χ2v) is 10.1. The van der Waals surface area contributed by atoms with Gasteiger partial charge >= 0.3 is 0 Å². The molecule has 0 aliphatic rings. The number of nitrogens with one attached hydrogen (secondary N) is 1. The molecule has 7 heteroatoms. The van der Waals surface area contributed by atoms with Gasteiger partial charge in [-0.1, -0.05) is 42.8 Å². The van der Waals surface area contributed by atoms with Gasteiger partial charge in [0.2, 0.25) is 5.91 Å². The molecule has 146 valence electrons. The van der Waals surface area contributed by atoms with Crippen molar-refractivity contribution in [2.24, 2.45) is 0 Å². The fourth-order valence-corrected chi connectivity index (χ4v) is 4.69. The molecule has 1 amide bonds. The van der Waals surface area contributed by atoms with E-state index in [0.717, 1.165) is 26.7 Å². The highest BCUT2D eigenvalue weighted by Gasteiger charge is 2.16. The van der Waals surface area contributed by atoms with Crippen LogP contribution < -0.4 is 5.32 Å². The molecule has 0 radical (unpaired) electrons. The van der Waals surface area contributed by atoms with Gasteiger partial charge in [-0.25, -0.2) is 13.4 Å². The molecule has 0 fully saturated rings. The zero-order valence-corrected chi connectivity index (χ0v) is 17.7. The summed E-state index contributed by atoms with van der Waals surface area (Å²) in [5.41, 5.74) is 3.43. The van der Waals surface area contributed by atoms with Crippen LogP contribution in [0.5, 0.6) is 0 Å². The van der Waals surface area contributed by atoms with Crippen molar-refractivity contribution in [3.63, 3.8) is 0 Å². The van der Waals surface area contributed by atoms with Crippen LogP contribution in [-0.2, 0) is 21.1 Å². The number of hydrogen-bond acceptors (Lipinski definition) is 5. The van der Waals surface area contributed by atoms with Crippen molar-refractivity contribution < 1.29 is 13.2 Å². The third-order valence-corrected chi connectivity index (χ3v) is 7.01. The lowest BCUT2D eigenvalue weighted by molar-refractivity contribution is -0.115. The van der Waals surface area contributed by atoms with E-state index >= 15 is 0 Å². The number of aromatic nitrogens is 1. The first-order valence-electron chi connectivity index (χ1n) is 8.94. The highest BCUT2D eigenvalue weighted by molar-refractivity contribution is 7.91. The molecule has 0 aliphatic carbocycles. The molecule has 1 N–H and O–H groups in total. The van der Waals surface area contributed by atoms with Gasteiger partial charge in [0, 0.05) is 16.1 Å². The Morgan fingerprint density at radius 1 is 1.11 bits per heavy atom. The average molecular weight is 415 g/mol. The average Bonchev–Trinajstić information content (AvgIpc) is 3.02. The molecular formula is C21H22N2O3S2. The van der Waals surface area contributed by atoms with Crippen molar-refractivity contribution in [2.75, 3.05) is 11.1 Å².